The summed E-state index contributed by atoms with van der Waals surface area (Å²) in [6.07, 6.45) is 4.14. The van der Waals surface area contributed by atoms with Crippen molar-refractivity contribution in [3.63, 3.8) is 0 Å². The second-order valence-corrected chi connectivity index (χ2v) is 7.26. The van der Waals surface area contributed by atoms with E-state index < -0.39 is 5.91 Å². The number of nitrogens with one attached hydrogen (secondary N) is 3. The molecule has 1 heterocycles. The standard InChI is InChI=1S/C22H22N4O3/c23-22(29)18-7-6-16(17-10-11-24-21(17)18)13-2-1-3-15(12-13)26-20(28)9-8-19(27)25-14-4-5-14/h1-3,6-7,10-12,14,24H,4-5,8-9H2,(H2,23,29)(H,25,27)(H,26,28). The number of amides is 3. The van der Waals surface area contributed by atoms with Gasteiger partial charge < -0.3 is 21.4 Å². The van der Waals surface area contributed by atoms with Crippen LogP contribution in [-0.4, -0.2) is 28.7 Å². The highest BCUT2D eigenvalue weighted by Gasteiger charge is 2.23. The molecule has 0 spiro atoms. The summed E-state index contributed by atoms with van der Waals surface area (Å²) < 4.78 is 0. The van der Waals surface area contributed by atoms with Gasteiger partial charge in [-0.05, 0) is 48.2 Å². The van der Waals surface area contributed by atoms with E-state index in [1.807, 2.05) is 30.3 Å². The molecule has 1 aliphatic carbocycles. The number of H-pyrrole nitrogens is 1. The highest BCUT2D eigenvalue weighted by Crippen LogP contribution is 2.31. The fourth-order valence-electron chi connectivity index (χ4n) is 3.36. The molecule has 0 aliphatic heterocycles. The molecule has 3 amide bonds. The maximum atomic E-state index is 12.2. The van der Waals surface area contributed by atoms with E-state index in [0.717, 1.165) is 29.4 Å². The number of carbonyl (C=O) groups is 3. The van der Waals surface area contributed by atoms with Crippen LogP contribution in [0.2, 0.25) is 0 Å². The molecule has 4 rings (SSSR count). The number of hydrogen-bond donors (Lipinski definition) is 4. The van der Waals surface area contributed by atoms with Crippen molar-refractivity contribution in [1.29, 1.82) is 0 Å². The van der Waals surface area contributed by atoms with Gasteiger partial charge in [-0.2, -0.15) is 0 Å². The molecule has 0 atom stereocenters. The Bertz CT molecular complexity index is 1100. The van der Waals surface area contributed by atoms with Crippen LogP contribution in [0.25, 0.3) is 22.0 Å². The normalized spacial score (nSPS) is 13.2. The molecule has 2 aromatic carbocycles. The molecule has 1 aromatic heterocycles. The van der Waals surface area contributed by atoms with Crippen molar-refractivity contribution in [2.24, 2.45) is 5.73 Å². The molecule has 0 saturated heterocycles. The summed E-state index contributed by atoms with van der Waals surface area (Å²) in [5.74, 6) is -0.777. The quantitative estimate of drug-likeness (QED) is 0.497. The third-order valence-corrected chi connectivity index (χ3v) is 4.97. The van der Waals surface area contributed by atoms with Crippen LogP contribution in [0.5, 0.6) is 0 Å². The number of fused-ring (bicyclic) bond motifs is 1. The van der Waals surface area contributed by atoms with E-state index in [1.165, 1.54) is 0 Å². The largest absolute Gasteiger partial charge is 0.366 e. The summed E-state index contributed by atoms with van der Waals surface area (Å²) in [5, 5.41) is 6.60. The highest BCUT2D eigenvalue weighted by molar-refractivity contribution is 6.09. The Morgan fingerprint density at radius 2 is 1.83 bits per heavy atom. The molecule has 1 saturated carbocycles. The lowest BCUT2D eigenvalue weighted by molar-refractivity contribution is -0.124. The predicted molar refractivity (Wildman–Crippen MR) is 111 cm³/mol. The summed E-state index contributed by atoms with van der Waals surface area (Å²) in [7, 11) is 0. The van der Waals surface area contributed by atoms with Gasteiger partial charge in [-0.25, -0.2) is 0 Å². The summed E-state index contributed by atoms with van der Waals surface area (Å²) in [6.45, 7) is 0. The molecule has 29 heavy (non-hydrogen) atoms. The number of primary amides is 1. The van der Waals surface area contributed by atoms with Gasteiger partial charge in [0.25, 0.3) is 5.91 Å². The van der Waals surface area contributed by atoms with Crippen molar-refractivity contribution in [2.45, 2.75) is 31.7 Å². The van der Waals surface area contributed by atoms with Crippen molar-refractivity contribution in [2.75, 3.05) is 5.32 Å². The Labute approximate surface area is 167 Å². The summed E-state index contributed by atoms with van der Waals surface area (Å²) in [5.41, 5.74) is 9.04. The van der Waals surface area contributed by atoms with E-state index in [-0.39, 0.29) is 24.7 Å². The zero-order valence-electron chi connectivity index (χ0n) is 15.8. The molecule has 0 unspecified atom stereocenters. The van der Waals surface area contributed by atoms with E-state index in [2.05, 4.69) is 15.6 Å². The molecule has 7 nitrogen and oxygen atoms in total. The van der Waals surface area contributed by atoms with Crippen molar-refractivity contribution in [1.82, 2.24) is 10.3 Å². The zero-order valence-corrected chi connectivity index (χ0v) is 15.8. The second-order valence-electron chi connectivity index (χ2n) is 7.26. The van der Waals surface area contributed by atoms with Crippen molar-refractivity contribution < 1.29 is 14.4 Å². The average molecular weight is 390 g/mol. The Balaban J connectivity index is 1.49. The first-order valence-electron chi connectivity index (χ1n) is 9.61. The van der Waals surface area contributed by atoms with Crippen LogP contribution < -0.4 is 16.4 Å². The first-order chi connectivity index (χ1) is 14.0. The molecule has 0 bridgehead atoms. The minimum absolute atomic E-state index is 0.0826. The smallest absolute Gasteiger partial charge is 0.250 e. The highest BCUT2D eigenvalue weighted by atomic mass is 16.2. The molecule has 0 radical (unpaired) electrons. The number of aromatic nitrogens is 1. The van der Waals surface area contributed by atoms with Gasteiger partial charge in [0, 0.05) is 36.2 Å². The molecule has 7 heteroatoms. The van der Waals surface area contributed by atoms with Gasteiger partial charge in [0.1, 0.15) is 0 Å². The monoisotopic (exact) mass is 390 g/mol. The number of hydrogen-bond acceptors (Lipinski definition) is 3. The van der Waals surface area contributed by atoms with Gasteiger partial charge in [-0.15, -0.1) is 0 Å². The van der Waals surface area contributed by atoms with Crippen LogP contribution in [0, 0.1) is 0 Å². The maximum absolute atomic E-state index is 12.2. The summed E-state index contributed by atoms with van der Waals surface area (Å²) in [4.78, 5) is 38.6. The van der Waals surface area contributed by atoms with Crippen LogP contribution >= 0.6 is 0 Å². The summed E-state index contributed by atoms with van der Waals surface area (Å²) in [6, 6.07) is 13.2. The second kappa shape index (κ2) is 7.79. The number of nitrogens with two attached hydrogens (primary N) is 1. The predicted octanol–water partition coefficient (Wildman–Crippen LogP) is 2.93. The Kier molecular flexibility index (Phi) is 5.03. The van der Waals surface area contributed by atoms with Crippen molar-refractivity contribution in [3.05, 3.63) is 54.2 Å². The van der Waals surface area contributed by atoms with Gasteiger partial charge in [0.15, 0.2) is 0 Å². The lowest BCUT2D eigenvalue weighted by Gasteiger charge is -2.10. The van der Waals surface area contributed by atoms with E-state index in [0.29, 0.717) is 22.8 Å². The van der Waals surface area contributed by atoms with E-state index in [9.17, 15) is 14.4 Å². The summed E-state index contributed by atoms with van der Waals surface area (Å²) >= 11 is 0. The number of rotatable bonds is 7. The molecule has 1 fully saturated rings. The van der Waals surface area contributed by atoms with Gasteiger partial charge in [0.2, 0.25) is 11.8 Å². The van der Waals surface area contributed by atoms with Gasteiger partial charge in [0.05, 0.1) is 11.1 Å². The molecular formula is C22H22N4O3. The lowest BCUT2D eigenvalue weighted by atomic mass is 9.98. The first kappa shape index (κ1) is 18.7. The number of aromatic amines is 1. The molecule has 148 valence electrons. The van der Waals surface area contributed by atoms with E-state index >= 15 is 0 Å². The lowest BCUT2D eigenvalue weighted by Crippen LogP contribution is -2.26. The van der Waals surface area contributed by atoms with Crippen molar-refractivity contribution >= 4 is 34.3 Å². The number of carbonyl (C=O) groups excluding carboxylic acids is 3. The van der Waals surface area contributed by atoms with Crippen LogP contribution in [0.4, 0.5) is 5.69 Å². The topological polar surface area (TPSA) is 117 Å². The van der Waals surface area contributed by atoms with Crippen LogP contribution in [0.1, 0.15) is 36.0 Å². The van der Waals surface area contributed by atoms with Crippen LogP contribution in [-0.2, 0) is 9.59 Å². The Morgan fingerprint density at radius 1 is 1.03 bits per heavy atom. The maximum Gasteiger partial charge on any atom is 0.250 e. The zero-order chi connectivity index (χ0) is 20.4. The average Bonchev–Trinajstić information content (AvgIpc) is 3.37. The minimum atomic E-state index is -0.490. The Morgan fingerprint density at radius 3 is 2.59 bits per heavy atom. The van der Waals surface area contributed by atoms with Crippen LogP contribution in [0.3, 0.4) is 0 Å². The van der Waals surface area contributed by atoms with E-state index in [4.69, 9.17) is 5.73 Å². The molecular weight excluding hydrogens is 368 g/mol. The van der Waals surface area contributed by atoms with Gasteiger partial charge in [-0.1, -0.05) is 18.2 Å². The van der Waals surface area contributed by atoms with Gasteiger partial charge >= 0.3 is 0 Å². The molecule has 5 N–H and O–H groups in total. The van der Waals surface area contributed by atoms with E-state index in [1.54, 1.807) is 18.3 Å². The third-order valence-electron chi connectivity index (χ3n) is 4.97. The fraction of sp³-hybridized carbons (Fsp3) is 0.227. The number of anilines is 1. The first-order valence-corrected chi connectivity index (χ1v) is 9.61. The number of benzene rings is 2. The SMILES string of the molecule is NC(=O)c1ccc(-c2cccc(NC(=O)CCC(=O)NC3CC3)c2)c2cc[nH]c12. The minimum Gasteiger partial charge on any atom is -0.366 e. The molecule has 3 aromatic rings. The van der Waals surface area contributed by atoms with Crippen LogP contribution in [0.15, 0.2) is 48.7 Å². The third kappa shape index (κ3) is 4.29. The molecule has 1 aliphatic rings. The fourth-order valence-corrected chi connectivity index (χ4v) is 3.36. The van der Waals surface area contributed by atoms with Crippen molar-refractivity contribution in [3.8, 4) is 11.1 Å². The Hall–Kier alpha value is -3.61. The van der Waals surface area contributed by atoms with Gasteiger partial charge in [-0.3, -0.25) is 14.4 Å².